The SMILES string of the molecule is Cc1nc2nc(N)nn2c(C)c1CCC(=O)N1CCC2(C1)Oc1ccccc1O2. The molecule has 1 saturated heterocycles. The van der Waals surface area contributed by atoms with Crippen LogP contribution in [0.3, 0.4) is 0 Å². The molecule has 5 rings (SSSR count). The first-order valence-corrected chi connectivity index (χ1v) is 9.67. The van der Waals surface area contributed by atoms with Crippen LogP contribution in [0.5, 0.6) is 11.5 Å². The molecule has 150 valence electrons. The highest BCUT2D eigenvalue weighted by Gasteiger charge is 2.48. The van der Waals surface area contributed by atoms with Gasteiger partial charge in [-0.15, -0.1) is 5.10 Å². The number of aromatic nitrogens is 4. The molecule has 2 N–H and O–H groups in total. The number of hydrogen-bond donors (Lipinski definition) is 1. The second-order valence-corrected chi connectivity index (χ2v) is 7.57. The van der Waals surface area contributed by atoms with Crippen molar-refractivity contribution in [3.05, 3.63) is 41.2 Å². The fraction of sp³-hybridized carbons (Fsp3) is 0.400. The summed E-state index contributed by atoms with van der Waals surface area (Å²) < 4.78 is 13.7. The third-order valence-electron chi connectivity index (χ3n) is 5.64. The van der Waals surface area contributed by atoms with E-state index >= 15 is 0 Å². The second-order valence-electron chi connectivity index (χ2n) is 7.57. The molecule has 1 fully saturated rings. The number of benzene rings is 1. The van der Waals surface area contributed by atoms with Crippen LogP contribution in [-0.4, -0.2) is 49.3 Å². The summed E-state index contributed by atoms with van der Waals surface area (Å²) in [5.41, 5.74) is 8.42. The molecule has 9 heteroatoms. The number of nitrogens with two attached hydrogens (primary N) is 1. The normalized spacial score (nSPS) is 16.8. The molecule has 9 nitrogen and oxygen atoms in total. The van der Waals surface area contributed by atoms with E-state index in [1.54, 1.807) is 4.52 Å². The number of anilines is 1. The zero-order chi connectivity index (χ0) is 20.2. The van der Waals surface area contributed by atoms with Gasteiger partial charge < -0.3 is 20.1 Å². The molecule has 0 radical (unpaired) electrons. The van der Waals surface area contributed by atoms with Gasteiger partial charge in [-0.3, -0.25) is 4.79 Å². The highest BCUT2D eigenvalue weighted by molar-refractivity contribution is 5.77. The molecular weight excluding hydrogens is 372 g/mol. The first-order chi connectivity index (χ1) is 13.9. The van der Waals surface area contributed by atoms with Gasteiger partial charge in [-0.25, -0.2) is 4.98 Å². The summed E-state index contributed by atoms with van der Waals surface area (Å²) in [6.07, 6.45) is 1.60. The maximum Gasteiger partial charge on any atom is 0.270 e. The first-order valence-electron chi connectivity index (χ1n) is 9.67. The van der Waals surface area contributed by atoms with Crippen molar-refractivity contribution in [2.75, 3.05) is 18.8 Å². The summed E-state index contributed by atoms with van der Waals surface area (Å²) >= 11 is 0. The third-order valence-corrected chi connectivity index (χ3v) is 5.64. The number of aryl methyl sites for hydroxylation is 2. The molecule has 0 atom stereocenters. The van der Waals surface area contributed by atoms with E-state index in [0.717, 1.165) is 28.5 Å². The van der Waals surface area contributed by atoms with Gasteiger partial charge in [0.2, 0.25) is 11.9 Å². The van der Waals surface area contributed by atoms with Gasteiger partial charge in [0.25, 0.3) is 11.6 Å². The fourth-order valence-electron chi connectivity index (χ4n) is 4.15. The number of likely N-dealkylation sites (tertiary alicyclic amines) is 1. The Bertz CT molecular complexity index is 1100. The topological polar surface area (TPSA) is 108 Å². The van der Waals surface area contributed by atoms with Crippen molar-refractivity contribution in [1.82, 2.24) is 24.5 Å². The number of ether oxygens (including phenoxy) is 2. The third kappa shape index (κ3) is 2.93. The lowest BCUT2D eigenvalue weighted by molar-refractivity contribution is -0.133. The molecule has 0 unspecified atom stereocenters. The minimum Gasteiger partial charge on any atom is -0.447 e. The Morgan fingerprint density at radius 1 is 1.21 bits per heavy atom. The summed E-state index contributed by atoms with van der Waals surface area (Å²) in [5.74, 6) is 1.45. The molecule has 2 aliphatic rings. The van der Waals surface area contributed by atoms with Gasteiger partial charge in [0.15, 0.2) is 11.5 Å². The Labute approximate surface area is 167 Å². The van der Waals surface area contributed by atoms with Crippen LogP contribution in [0.2, 0.25) is 0 Å². The van der Waals surface area contributed by atoms with E-state index in [-0.39, 0.29) is 11.9 Å². The summed E-state index contributed by atoms with van der Waals surface area (Å²) in [6.45, 7) is 4.90. The molecule has 2 aliphatic heterocycles. The van der Waals surface area contributed by atoms with Crippen LogP contribution in [0.15, 0.2) is 24.3 Å². The molecule has 2 aromatic heterocycles. The average molecular weight is 394 g/mol. The first kappa shape index (κ1) is 17.7. The molecule has 0 saturated carbocycles. The van der Waals surface area contributed by atoms with Gasteiger partial charge in [-0.1, -0.05) is 12.1 Å². The van der Waals surface area contributed by atoms with E-state index in [0.29, 0.717) is 38.1 Å². The van der Waals surface area contributed by atoms with Gasteiger partial charge in [0.05, 0.1) is 6.54 Å². The van der Waals surface area contributed by atoms with Crippen molar-refractivity contribution in [3.63, 3.8) is 0 Å². The zero-order valence-electron chi connectivity index (χ0n) is 16.4. The molecule has 0 bridgehead atoms. The molecule has 1 amide bonds. The van der Waals surface area contributed by atoms with Crippen molar-refractivity contribution in [2.45, 2.75) is 38.9 Å². The highest BCUT2D eigenvalue weighted by atomic mass is 16.7. The van der Waals surface area contributed by atoms with Crippen molar-refractivity contribution >= 4 is 17.6 Å². The van der Waals surface area contributed by atoms with Crippen molar-refractivity contribution in [3.8, 4) is 11.5 Å². The average Bonchev–Trinajstić information content (AvgIpc) is 3.37. The molecule has 3 aromatic rings. The predicted octanol–water partition coefficient (Wildman–Crippen LogP) is 1.66. The minimum atomic E-state index is -0.760. The Hall–Kier alpha value is -3.36. The lowest BCUT2D eigenvalue weighted by atomic mass is 10.1. The standard InChI is InChI=1S/C20H22N6O3/c1-12-14(13(2)26-19(22-12)23-18(21)24-26)7-8-17(27)25-10-9-20(11-25)28-15-5-3-4-6-16(15)29-20/h3-6H,7-11H2,1-2H3,(H2,21,24). The van der Waals surface area contributed by atoms with Crippen LogP contribution in [-0.2, 0) is 11.2 Å². The number of amides is 1. The zero-order valence-corrected chi connectivity index (χ0v) is 16.4. The Morgan fingerprint density at radius 3 is 2.66 bits per heavy atom. The largest absolute Gasteiger partial charge is 0.447 e. The Morgan fingerprint density at radius 2 is 1.93 bits per heavy atom. The van der Waals surface area contributed by atoms with Crippen LogP contribution in [0.4, 0.5) is 5.95 Å². The number of carbonyl (C=O) groups excluding carboxylic acids is 1. The van der Waals surface area contributed by atoms with E-state index in [2.05, 4.69) is 15.1 Å². The molecule has 1 aromatic carbocycles. The van der Waals surface area contributed by atoms with Crippen LogP contribution < -0.4 is 15.2 Å². The smallest absolute Gasteiger partial charge is 0.270 e. The molecule has 4 heterocycles. The molecule has 29 heavy (non-hydrogen) atoms. The summed E-state index contributed by atoms with van der Waals surface area (Å²) in [4.78, 5) is 23.2. The summed E-state index contributed by atoms with van der Waals surface area (Å²) in [5, 5.41) is 4.18. The molecular formula is C20H22N6O3. The summed E-state index contributed by atoms with van der Waals surface area (Å²) in [6, 6.07) is 7.61. The van der Waals surface area contributed by atoms with E-state index < -0.39 is 5.79 Å². The number of carbonyl (C=O) groups is 1. The van der Waals surface area contributed by atoms with Gasteiger partial charge in [0.1, 0.15) is 0 Å². The second kappa shape index (κ2) is 6.33. The van der Waals surface area contributed by atoms with Crippen molar-refractivity contribution in [2.24, 2.45) is 0 Å². The predicted molar refractivity (Wildman–Crippen MR) is 105 cm³/mol. The van der Waals surface area contributed by atoms with Gasteiger partial charge in [-0.05, 0) is 38.0 Å². The molecule has 1 spiro atoms. The van der Waals surface area contributed by atoms with Crippen molar-refractivity contribution < 1.29 is 14.3 Å². The summed E-state index contributed by atoms with van der Waals surface area (Å²) in [7, 11) is 0. The Kier molecular flexibility index (Phi) is 3.87. The van der Waals surface area contributed by atoms with Crippen LogP contribution in [0.25, 0.3) is 5.78 Å². The number of fused-ring (bicyclic) bond motifs is 2. The van der Waals surface area contributed by atoms with Gasteiger partial charge in [0, 0.05) is 30.8 Å². The van der Waals surface area contributed by atoms with Crippen molar-refractivity contribution in [1.29, 1.82) is 0 Å². The van der Waals surface area contributed by atoms with E-state index in [4.69, 9.17) is 15.2 Å². The van der Waals surface area contributed by atoms with Crippen LogP contribution >= 0.6 is 0 Å². The van der Waals surface area contributed by atoms with E-state index in [1.165, 1.54) is 0 Å². The number of para-hydroxylation sites is 2. The molecule has 0 aliphatic carbocycles. The number of hydrogen-bond acceptors (Lipinski definition) is 7. The maximum atomic E-state index is 12.9. The number of nitrogens with zero attached hydrogens (tertiary/aromatic N) is 5. The lowest BCUT2D eigenvalue weighted by Gasteiger charge is -2.23. The fourth-order valence-corrected chi connectivity index (χ4v) is 4.15. The van der Waals surface area contributed by atoms with Gasteiger partial charge in [-0.2, -0.15) is 9.50 Å². The van der Waals surface area contributed by atoms with Gasteiger partial charge >= 0.3 is 0 Å². The van der Waals surface area contributed by atoms with E-state index in [9.17, 15) is 4.79 Å². The monoisotopic (exact) mass is 394 g/mol. The quantitative estimate of drug-likeness (QED) is 0.720. The maximum absolute atomic E-state index is 12.9. The highest BCUT2D eigenvalue weighted by Crippen LogP contribution is 2.42. The van der Waals surface area contributed by atoms with Crippen LogP contribution in [0.1, 0.15) is 29.8 Å². The van der Waals surface area contributed by atoms with E-state index in [1.807, 2.05) is 43.0 Å². The minimum absolute atomic E-state index is 0.0713. The number of rotatable bonds is 3. The Balaban J connectivity index is 1.27. The number of nitrogen functional groups attached to an aromatic ring is 1. The lowest BCUT2D eigenvalue weighted by Crippen LogP contribution is -2.42. The van der Waals surface area contributed by atoms with Crippen LogP contribution in [0, 0.1) is 13.8 Å².